The molecule has 0 bridgehead atoms. The number of fused-ring (bicyclic) bond motifs is 1. The van der Waals surface area contributed by atoms with Crippen LogP contribution in [0.15, 0.2) is 47.3 Å². The summed E-state index contributed by atoms with van der Waals surface area (Å²) >= 11 is 0. The van der Waals surface area contributed by atoms with Crippen LogP contribution in [0.5, 0.6) is 0 Å². The van der Waals surface area contributed by atoms with Crippen molar-refractivity contribution in [3.63, 3.8) is 0 Å². The second kappa shape index (κ2) is 5.89. The number of para-hydroxylation sites is 1. The fourth-order valence-corrected chi connectivity index (χ4v) is 3.09. The lowest BCUT2D eigenvalue weighted by atomic mass is 10.1. The molecule has 0 unspecified atom stereocenters. The van der Waals surface area contributed by atoms with Gasteiger partial charge in [-0.15, -0.1) is 0 Å². The molecule has 1 N–H and O–H groups in total. The van der Waals surface area contributed by atoms with Crippen molar-refractivity contribution in [2.45, 2.75) is 6.54 Å². The lowest BCUT2D eigenvalue weighted by Gasteiger charge is -2.34. The van der Waals surface area contributed by atoms with Gasteiger partial charge in [0, 0.05) is 50.4 Å². The summed E-state index contributed by atoms with van der Waals surface area (Å²) in [5.74, 6) is 0.0964. The van der Waals surface area contributed by atoms with Crippen LogP contribution in [0.2, 0.25) is 0 Å². The molecule has 3 aromatic rings. The van der Waals surface area contributed by atoms with Crippen LogP contribution in [0.3, 0.4) is 0 Å². The summed E-state index contributed by atoms with van der Waals surface area (Å²) in [4.78, 5) is 20.2. The van der Waals surface area contributed by atoms with Gasteiger partial charge in [0.25, 0.3) is 5.91 Å². The number of H-pyrrole nitrogens is 1. The normalized spacial score (nSPS) is 16.1. The first kappa shape index (κ1) is 14.0. The molecule has 1 amide bonds. The summed E-state index contributed by atoms with van der Waals surface area (Å²) in [5.41, 5.74) is 2.60. The van der Waals surface area contributed by atoms with E-state index in [2.05, 4.69) is 15.0 Å². The van der Waals surface area contributed by atoms with E-state index in [1.165, 1.54) is 0 Å². The first-order valence-corrected chi connectivity index (χ1v) is 7.78. The highest BCUT2D eigenvalue weighted by Crippen LogP contribution is 2.19. The van der Waals surface area contributed by atoms with Crippen LogP contribution in [0.25, 0.3) is 10.9 Å². The Labute approximate surface area is 133 Å². The molecule has 1 aliphatic rings. The SMILES string of the molecule is O=C(c1cccc2cc[nH]c12)N1CCN(Cc2ccon2)CC1. The molecular weight excluding hydrogens is 292 g/mol. The van der Waals surface area contributed by atoms with Gasteiger partial charge in [-0.05, 0) is 12.1 Å². The zero-order valence-electron chi connectivity index (χ0n) is 12.7. The molecule has 2 aromatic heterocycles. The second-order valence-corrected chi connectivity index (χ2v) is 5.81. The Bertz CT molecular complexity index is 801. The number of aromatic nitrogens is 2. The number of hydrogen-bond acceptors (Lipinski definition) is 4. The van der Waals surface area contributed by atoms with Gasteiger partial charge in [-0.1, -0.05) is 17.3 Å². The maximum Gasteiger partial charge on any atom is 0.256 e. The molecule has 1 fully saturated rings. The van der Waals surface area contributed by atoms with Gasteiger partial charge in [-0.2, -0.15) is 0 Å². The maximum absolute atomic E-state index is 12.8. The van der Waals surface area contributed by atoms with E-state index in [1.54, 1.807) is 6.26 Å². The van der Waals surface area contributed by atoms with Crippen molar-refractivity contribution in [1.29, 1.82) is 0 Å². The number of carbonyl (C=O) groups is 1. The topological polar surface area (TPSA) is 65.4 Å². The van der Waals surface area contributed by atoms with Crippen molar-refractivity contribution in [2.75, 3.05) is 26.2 Å². The Morgan fingerprint density at radius 3 is 2.83 bits per heavy atom. The largest absolute Gasteiger partial charge is 0.364 e. The summed E-state index contributed by atoms with van der Waals surface area (Å²) in [6.45, 7) is 3.92. The molecule has 1 aromatic carbocycles. The molecule has 0 spiro atoms. The van der Waals surface area contributed by atoms with Gasteiger partial charge in [0.2, 0.25) is 0 Å². The second-order valence-electron chi connectivity index (χ2n) is 5.81. The Kier molecular flexibility index (Phi) is 3.59. The molecule has 6 nitrogen and oxygen atoms in total. The molecule has 3 heterocycles. The van der Waals surface area contributed by atoms with Gasteiger partial charge in [-0.3, -0.25) is 9.69 Å². The van der Waals surface area contributed by atoms with Crippen LogP contribution < -0.4 is 0 Å². The van der Waals surface area contributed by atoms with E-state index >= 15 is 0 Å². The monoisotopic (exact) mass is 310 g/mol. The highest BCUT2D eigenvalue weighted by Gasteiger charge is 2.23. The van der Waals surface area contributed by atoms with Crippen molar-refractivity contribution in [3.8, 4) is 0 Å². The highest BCUT2D eigenvalue weighted by molar-refractivity contribution is 6.05. The number of piperazine rings is 1. The van der Waals surface area contributed by atoms with Crippen LogP contribution >= 0.6 is 0 Å². The van der Waals surface area contributed by atoms with E-state index in [-0.39, 0.29) is 5.91 Å². The maximum atomic E-state index is 12.8. The number of benzene rings is 1. The lowest BCUT2D eigenvalue weighted by Crippen LogP contribution is -2.48. The molecule has 0 aliphatic carbocycles. The van der Waals surface area contributed by atoms with E-state index in [1.807, 2.05) is 41.4 Å². The summed E-state index contributed by atoms with van der Waals surface area (Å²) in [6, 6.07) is 9.71. The third kappa shape index (κ3) is 2.73. The molecule has 0 radical (unpaired) electrons. The zero-order valence-corrected chi connectivity index (χ0v) is 12.7. The van der Waals surface area contributed by atoms with E-state index in [0.717, 1.165) is 54.9 Å². The summed E-state index contributed by atoms with van der Waals surface area (Å²) in [6.07, 6.45) is 3.46. The number of rotatable bonds is 3. The Hall–Kier alpha value is -2.60. The minimum atomic E-state index is 0.0964. The van der Waals surface area contributed by atoms with Crippen molar-refractivity contribution in [1.82, 2.24) is 19.9 Å². The van der Waals surface area contributed by atoms with Crippen molar-refractivity contribution in [2.24, 2.45) is 0 Å². The number of aromatic amines is 1. The zero-order chi connectivity index (χ0) is 15.6. The van der Waals surface area contributed by atoms with Gasteiger partial charge in [0.1, 0.15) is 6.26 Å². The summed E-state index contributed by atoms with van der Waals surface area (Å²) < 4.78 is 4.86. The quantitative estimate of drug-likeness (QED) is 0.805. The summed E-state index contributed by atoms with van der Waals surface area (Å²) in [7, 11) is 0. The molecule has 6 heteroatoms. The third-order valence-electron chi connectivity index (χ3n) is 4.35. The smallest absolute Gasteiger partial charge is 0.256 e. The number of amides is 1. The number of nitrogens with one attached hydrogen (secondary N) is 1. The third-order valence-corrected chi connectivity index (χ3v) is 4.35. The molecule has 1 aliphatic heterocycles. The predicted octanol–water partition coefficient (Wildman–Crippen LogP) is 2.11. The van der Waals surface area contributed by atoms with E-state index in [4.69, 9.17) is 4.52 Å². The first-order chi connectivity index (χ1) is 11.3. The predicted molar refractivity (Wildman–Crippen MR) is 86.0 cm³/mol. The summed E-state index contributed by atoms with van der Waals surface area (Å²) in [5, 5.41) is 5.01. The molecule has 4 rings (SSSR count). The van der Waals surface area contributed by atoms with Gasteiger partial charge in [0.15, 0.2) is 0 Å². The van der Waals surface area contributed by atoms with Crippen molar-refractivity contribution in [3.05, 3.63) is 54.0 Å². The van der Waals surface area contributed by atoms with Crippen molar-refractivity contribution < 1.29 is 9.32 Å². The molecule has 118 valence electrons. The average Bonchev–Trinajstić information content (AvgIpc) is 3.25. The Morgan fingerprint density at radius 2 is 2.04 bits per heavy atom. The van der Waals surface area contributed by atoms with Crippen LogP contribution in [0, 0.1) is 0 Å². The average molecular weight is 310 g/mol. The van der Waals surface area contributed by atoms with Crippen LogP contribution in [0.1, 0.15) is 16.1 Å². The standard InChI is InChI=1S/C17H18N4O2/c22-17(15-3-1-2-13-4-6-18-16(13)15)21-9-7-20(8-10-21)12-14-5-11-23-19-14/h1-6,11,18H,7-10,12H2. The first-order valence-electron chi connectivity index (χ1n) is 7.78. The minimum absolute atomic E-state index is 0.0964. The van der Waals surface area contributed by atoms with Gasteiger partial charge in [0.05, 0.1) is 16.8 Å². The van der Waals surface area contributed by atoms with Crippen LogP contribution in [-0.2, 0) is 6.54 Å². The molecular formula is C17H18N4O2. The van der Waals surface area contributed by atoms with Crippen LogP contribution in [0.4, 0.5) is 0 Å². The minimum Gasteiger partial charge on any atom is -0.364 e. The molecule has 23 heavy (non-hydrogen) atoms. The number of hydrogen-bond donors (Lipinski definition) is 1. The van der Waals surface area contributed by atoms with Crippen molar-refractivity contribution >= 4 is 16.8 Å². The van der Waals surface area contributed by atoms with E-state index in [9.17, 15) is 4.79 Å². The Morgan fingerprint density at radius 1 is 1.17 bits per heavy atom. The highest BCUT2D eigenvalue weighted by atomic mass is 16.5. The lowest BCUT2D eigenvalue weighted by molar-refractivity contribution is 0.0627. The van der Waals surface area contributed by atoms with E-state index in [0.29, 0.717) is 0 Å². The Balaban J connectivity index is 1.44. The van der Waals surface area contributed by atoms with Gasteiger partial charge < -0.3 is 14.4 Å². The number of carbonyl (C=O) groups excluding carboxylic acids is 1. The van der Waals surface area contributed by atoms with E-state index < -0.39 is 0 Å². The molecule has 0 atom stereocenters. The molecule has 0 saturated carbocycles. The number of nitrogens with zero attached hydrogens (tertiary/aromatic N) is 3. The fraction of sp³-hybridized carbons (Fsp3) is 0.294. The van der Waals surface area contributed by atoms with Crippen LogP contribution in [-0.4, -0.2) is 52.0 Å². The van der Waals surface area contributed by atoms with Gasteiger partial charge in [-0.25, -0.2) is 0 Å². The fourth-order valence-electron chi connectivity index (χ4n) is 3.09. The molecule has 1 saturated heterocycles. The van der Waals surface area contributed by atoms with Gasteiger partial charge >= 0.3 is 0 Å².